The van der Waals surface area contributed by atoms with Crippen LogP contribution in [0.5, 0.6) is 5.75 Å². The minimum absolute atomic E-state index is 0. The minimum atomic E-state index is 0. The van der Waals surface area contributed by atoms with Gasteiger partial charge >= 0.3 is 0 Å². The molecule has 0 amide bonds. The Kier molecular flexibility index (Phi) is 3.17. The third-order valence-corrected chi connectivity index (χ3v) is 2.25. The first-order chi connectivity index (χ1) is 5.77. The normalized spacial score (nSPS) is 19.7. The lowest BCUT2D eigenvalue weighted by molar-refractivity contribution is 0.269. The molecule has 13 heavy (non-hydrogen) atoms. The highest BCUT2D eigenvalue weighted by molar-refractivity contribution is 5.85. The molecule has 1 aliphatic heterocycles. The summed E-state index contributed by atoms with van der Waals surface area (Å²) in [6, 6.07) is 6.33. The van der Waals surface area contributed by atoms with Gasteiger partial charge in [-0.15, -0.1) is 12.4 Å². The van der Waals surface area contributed by atoms with Crippen LogP contribution in [0, 0.1) is 6.92 Å². The zero-order valence-corrected chi connectivity index (χ0v) is 8.43. The van der Waals surface area contributed by atoms with Crippen molar-refractivity contribution in [3.8, 4) is 5.75 Å². The number of hydrogen-bond acceptors (Lipinski definition) is 2. The van der Waals surface area contributed by atoms with Crippen molar-refractivity contribution in [3.63, 3.8) is 0 Å². The highest BCUT2D eigenvalue weighted by atomic mass is 35.5. The second-order valence-electron chi connectivity index (χ2n) is 3.28. The Balaban J connectivity index is 0.000000845. The molecule has 3 heteroatoms. The fourth-order valence-electron chi connectivity index (χ4n) is 1.54. The molecule has 0 fully saturated rings. The zero-order chi connectivity index (χ0) is 8.55. The van der Waals surface area contributed by atoms with Crippen LogP contribution in [0.1, 0.15) is 23.6 Å². The van der Waals surface area contributed by atoms with Crippen LogP contribution in [0.3, 0.4) is 0 Å². The quantitative estimate of drug-likeness (QED) is 0.696. The van der Waals surface area contributed by atoms with Gasteiger partial charge in [0.2, 0.25) is 0 Å². The summed E-state index contributed by atoms with van der Waals surface area (Å²) in [6.07, 6.45) is 0.927. The van der Waals surface area contributed by atoms with Crippen LogP contribution >= 0.6 is 12.4 Å². The summed E-state index contributed by atoms with van der Waals surface area (Å²) < 4.78 is 5.47. The van der Waals surface area contributed by atoms with E-state index in [4.69, 9.17) is 10.5 Å². The van der Waals surface area contributed by atoms with Crippen molar-refractivity contribution < 1.29 is 4.74 Å². The maximum atomic E-state index is 5.94. The first kappa shape index (κ1) is 10.4. The van der Waals surface area contributed by atoms with Gasteiger partial charge in [0.05, 0.1) is 6.61 Å². The van der Waals surface area contributed by atoms with E-state index in [0.717, 1.165) is 24.3 Å². The molecular weight excluding hydrogens is 186 g/mol. The molecular formula is C10H14ClNO. The Hall–Kier alpha value is -0.730. The van der Waals surface area contributed by atoms with E-state index in [-0.39, 0.29) is 18.4 Å². The van der Waals surface area contributed by atoms with Crippen molar-refractivity contribution in [1.29, 1.82) is 0 Å². The molecule has 0 saturated carbocycles. The SMILES string of the molecule is Cc1ccc2c(c1)[C@H](N)CCO2.Cl. The van der Waals surface area contributed by atoms with E-state index in [1.54, 1.807) is 0 Å². The summed E-state index contributed by atoms with van der Waals surface area (Å²) in [7, 11) is 0. The number of aryl methyl sites for hydroxylation is 1. The molecule has 2 N–H and O–H groups in total. The van der Waals surface area contributed by atoms with Crippen LogP contribution < -0.4 is 10.5 Å². The van der Waals surface area contributed by atoms with Crippen molar-refractivity contribution in [2.45, 2.75) is 19.4 Å². The van der Waals surface area contributed by atoms with E-state index in [1.165, 1.54) is 5.56 Å². The summed E-state index contributed by atoms with van der Waals surface area (Å²) in [5.41, 5.74) is 8.33. The monoisotopic (exact) mass is 199 g/mol. The number of nitrogens with two attached hydrogens (primary N) is 1. The van der Waals surface area contributed by atoms with Crippen molar-refractivity contribution >= 4 is 12.4 Å². The Morgan fingerprint density at radius 3 is 3.00 bits per heavy atom. The van der Waals surface area contributed by atoms with Crippen molar-refractivity contribution in [1.82, 2.24) is 0 Å². The summed E-state index contributed by atoms with van der Waals surface area (Å²) in [5.74, 6) is 0.958. The van der Waals surface area contributed by atoms with Crippen molar-refractivity contribution in [2.75, 3.05) is 6.61 Å². The van der Waals surface area contributed by atoms with E-state index in [9.17, 15) is 0 Å². The lowest BCUT2D eigenvalue weighted by Gasteiger charge is -2.22. The lowest BCUT2D eigenvalue weighted by Crippen LogP contribution is -2.20. The molecule has 2 rings (SSSR count). The molecule has 0 aromatic heterocycles. The predicted octanol–water partition coefficient (Wildman–Crippen LogP) is 2.20. The summed E-state index contributed by atoms with van der Waals surface area (Å²) >= 11 is 0. The van der Waals surface area contributed by atoms with Gasteiger partial charge in [0.1, 0.15) is 5.75 Å². The topological polar surface area (TPSA) is 35.2 Å². The van der Waals surface area contributed by atoms with E-state index in [2.05, 4.69) is 19.1 Å². The number of rotatable bonds is 0. The molecule has 1 aromatic rings. The standard InChI is InChI=1S/C10H13NO.ClH/c1-7-2-3-10-8(6-7)9(11)4-5-12-10;/h2-3,6,9H,4-5,11H2,1H3;1H/t9-;/m1./s1. The first-order valence-electron chi connectivity index (χ1n) is 4.26. The fourth-order valence-corrected chi connectivity index (χ4v) is 1.54. The summed E-state index contributed by atoms with van der Waals surface area (Å²) in [6.45, 7) is 2.82. The Morgan fingerprint density at radius 2 is 2.23 bits per heavy atom. The van der Waals surface area contributed by atoms with Gasteiger partial charge in [0.15, 0.2) is 0 Å². The highest BCUT2D eigenvalue weighted by Gasteiger charge is 2.17. The number of benzene rings is 1. The number of ether oxygens (including phenoxy) is 1. The average molecular weight is 200 g/mol. The zero-order valence-electron chi connectivity index (χ0n) is 7.62. The van der Waals surface area contributed by atoms with E-state index in [0.29, 0.717) is 0 Å². The van der Waals surface area contributed by atoms with E-state index < -0.39 is 0 Å². The third kappa shape index (κ3) is 1.95. The van der Waals surface area contributed by atoms with Crippen LogP contribution in [0.15, 0.2) is 18.2 Å². The van der Waals surface area contributed by atoms with Crippen LogP contribution in [0.4, 0.5) is 0 Å². The molecule has 2 nitrogen and oxygen atoms in total. The van der Waals surface area contributed by atoms with E-state index >= 15 is 0 Å². The third-order valence-electron chi connectivity index (χ3n) is 2.25. The Labute approximate surface area is 84.5 Å². The predicted molar refractivity (Wildman–Crippen MR) is 55.5 cm³/mol. The molecule has 0 saturated heterocycles. The van der Waals surface area contributed by atoms with E-state index in [1.807, 2.05) is 6.07 Å². The average Bonchev–Trinajstić information content (AvgIpc) is 2.07. The van der Waals surface area contributed by atoms with Crippen LogP contribution in [-0.2, 0) is 0 Å². The number of fused-ring (bicyclic) bond motifs is 1. The van der Waals surface area contributed by atoms with Gasteiger partial charge in [-0.2, -0.15) is 0 Å². The lowest BCUT2D eigenvalue weighted by atomic mass is 10.00. The summed E-state index contributed by atoms with van der Waals surface area (Å²) in [5, 5.41) is 0. The van der Waals surface area contributed by atoms with Gasteiger partial charge in [-0.3, -0.25) is 0 Å². The number of hydrogen-bond donors (Lipinski definition) is 1. The molecule has 0 bridgehead atoms. The highest BCUT2D eigenvalue weighted by Crippen LogP contribution is 2.30. The van der Waals surface area contributed by atoms with Crippen molar-refractivity contribution in [3.05, 3.63) is 29.3 Å². The second-order valence-corrected chi connectivity index (χ2v) is 3.28. The molecule has 72 valence electrons. The number of halogens is 1. The van der Waals surface area contributed by atoms with Crippen LogP contribution in [-0.4, -0.2) is 6.61 Å². The molecule has 1 aromatic carbocycles. The Morgan fingerprint density at radius 1 is 1.46 bits per heavy atom. The minimum Gasteiger partial charge on any atom is -0.493 e. The maximum Gasteiger partial charge on any atom is 0.124 e. The van der Waals surface area contributed by atoms with Crippen LogP contribution in [0.2, 0.25) is 0 Å². The largest absolute Gasteiger partial charge is 0.493 e. The molecule has 1 atom stereocenters. The van der Waals surface area contributed by atoms with Crippen molar-refractivity contribution in [2.24, 2.45) is 5.73 Å². The van der Waals surface area contributed by atoms with Gasteiger partial charge < -0.3 is 10.5 Å². The second kappa shape index (κ2) is 3.99. The molecule has 0 aliphatic carbocycles. The first-order valence-corrected chi connectivity index (χ1v) is 4.26. The van der Waals surface area contributed by atoms with Gasteiger partial charge in [0.25, 0.3) is 0 Å². The van der Waals surface area contributed by atoms with Gasteiger partial charge in [-0.1, -0.05) is 17.7 Å². The molecule has 1 aliphatic rings. The Bertz CT molecular complexity index is 301. The van der Waals surface area contributed by atoms with Crippen LogP contribution in [0.25, 0.3) is 0 Å². The molecule has 0 unspecified atom stereocenters. The van der Waals surface area contributed by atoms with Gasteiger partial charge in [-0.25, -0.2) is 0 Å². The van der Waals surface area contributed by atoms with Gasteiger partial charge in [-0.05, 0) is 13.0 Å². The molecule has 0 spiro atoms. The fraction of sp³-hybridized carbons (Fsp3) is 0.400. The molecule has 1 heterocycles. The smallest absolute Gasteiger partial charge is 0.124 e. The van der Waals surface area contributed by atoms with Gasteiger partial charge in [0, 0.05) is 18.0 Å². The summed E-state index contributed by atoms with van der Waals surface area (Å²) in [4.78, 5) is 0. The molecule has 0 radical (unpaired) electrons. The maximum absolute atomic E-state index is 5.94.